The van der Waals surface area contributed by atoms with Crippen LogP contribution in [0.4, 0.5) is 53.9 Å². The van der Waals surface area contributed by atoms with Gasteiger partial charge in [0.15, 0.2) is 34.9 Å². The highest BCUT2D eigenvalue weighted by Crippen LogP contribution is 2.37. The van der Waals surface area contributed by atoms with E-state index in [-0.39, 0.29) is 52.7 Å². The summed E-state index contributed by atoms with van der Waals surface area (Å²) in [7, 11) is 5.50. The zero-order valence-corrected chi connectivity index (χ0v) is 63.8. The van der Waals surface area contributed by atoms with E-state index >= 15 is 0 Å². The van der Waals surface area contributed by atoms with E-state index in [1.165, 1.54) is 4.90 Å². The van der Waals surface area contributed by atoms with Crippen molar-refractivity contribution in [2.45, 2.75) is 171 Å². The third-order valence-corrected chi connectivity index (χ3v) is 19.2. The number of likely N-dealkylation sites (N-methyl/N-ethyl adjacent to an activating group) is 3. The summed E-state index contributed by atoms with van der Waals surface area (Å²) in [6, 6.07) is -3.49. The monoisotopic (exact) mass is 1550 g/mol. The first-order valence-electron chi connectivity index (χ1n) is 35.7. The van der Waals surface area contributed by atoms with Gasteiger partial charge in [0.25, 0.3) is 0 Å². The molecular weight excluding hydrogens is 1460 g/mol. The van der Waals surface area contributed by atoms with Gasteiger partial charge >= 0.3 is 18.1 Å². The first-order valence-corrected chi connectivity index (χ1v) is 35.7. The number of hydrogen-bond acceptors (Lipinski definition) is 15. The fourth-order valence-corrected chi connectivity index (χ4v) is 13.4. The molecule has 598 valence electrons. The van der Waals surface area contributed by atoms with Crippen LogP contribution in [0.15, 0.2) is 36.4 Å². The summed E-state index contributed by atoms with van der Waals surface area (Å²) in [6.45, 7) is 22.6. The number of primary amides is 3. The molecule has 27 nitrogen and oxygen atoms in total. The average Bonchev–Trinajstić information content (AvgIpc) is 1.62. The van der Waals surface area contributed by atoms with Gasteiger partial charge in [-0.1, -0.05) is 76.2 Å². The number of rotatable bonds is 17. The highest BCUT2D eigenvalue weighted by atomic mass is 19.2. The normalized spacial score (nSPS) is 16.5. The molecule has 0 aliphatic carbocycles. The predicted octanol–water partition coefficient (Wildman–Crippen LogP) is 7.27. The second-order valence-corrected chi connectivity index (χ2v) is 31.7. The molecule has 10 rings (SSSR count). The Morgan fingerprint density at radius 3 is 1.13 bits per heavy atom. The van der Waals surface area contributed by atoms with Crippen LogP contribution >= 0.6 is 0 Å². The lowest BCUT2D eigenvalue weighted by molar-refractivity contribution is -0.140. The fourth-order valence-electron chi connectivity index (χ4n) is 13.4. The van der Waals surface area contributed by atoms with Crippen LogP contribution in [0.5, 0.6) is 0 Å². The minimum Gasteiger partial charge on any atom is -0.370 e. The Hall–Kier alpha value is -10.2. The lowest BCUT2D eigenvalue weighted by Gasteiger charge is -2.35. The molecule has 4 aliphatic heterocycles. The molecule has 6 aromatic rings. The Labute approximate surface area is 629 Å². The largest absolute Gasteiger partial charge is 0.370 e. The smallest absolute Gasteiger partial charge is 0.343 e. The van der Waals surface area contributed by atoms with Crippen molar-refractivity contribution in [3.63, 3.8) is 0 Å². The molecular formula is C74H95F9N18O9. The van der Waals surface area contributed by atoms with Crippen LogP contribution in [-0.2, 0) is 67.7 Å². The Balaban J connectivity index is 0.000000208. The van der Waals surface area contributed by atoms with Crippen molar-refractivity contribution in [2.75, 3.05) is 53.9 Å². The SMILES string of the molecule is CC(C)C[C@H](NC(=O)[C@@H](NC(=O)n1nc(-c2cc(F)c(F)cc2F)c2c1CCN(C)C2)C(C)(C)C)C(N)=O.CN1CCc2c(c(-c3cc(F)c(F)cc3F)nn2C(=O)N[C@H](C(=O)N2CCC[C@H]2C(N)=O)C(C)(C)C)C1.CN1CCc2c(c(-c3cc(F)c(F)cc3F)nn2C(=O)N[C@H](C(=O)NCCC(N)=O)C(C)(C)C)C1. The highest BCUT2D eigenvalue weighted by Gasteiger charge is 2.44. The Morgan fingerprint density at radius 1 is 0.473 bits per heavy atom. The third-order valence-electron chi connectivity index (χ3n) is 19.2. The van der Waals surface area contributed by atoms with Gasteiger partial charge in [0, 0.05) is 130 Å². The molecule has 9 amide bonds. The molecule has 0 radical (unpaired) electrons. The van der Waals surface area contributed by atoms with Gasteiger partial charge in [0.05, 0.1) is 17.1 Å². The van der Waals surface area contributed by atoms with Crippen LogP contribution in [0.2, 0.25) is 0 Å². The molecule has 11 N–H and O–H groups in total. The first kappa shape index (κ1) is 85.4. The van der Waals surface area contributed by atoms with Crippen molar-refractivity contribution in [3.8, 4) is 33.8 Å². The molecule has 1 saturated heterocycles. The molecule has 5 atom stereocenters. The van der Waals surface area contributed by atoms with Gasteiger partial charge in [-0.15, -0.1) is 0 Å². The molecule has 0 spiro atoms. The van der Waals surface area contributed by atoms with Gasteiger partial charge in [-0.25, -0.2) is 53.9 Å². The standard InChI is InChI=1S/C26H35F3N6O3.C25H31F3N6O3.C23H29F3N6O3/c1-13(2)9-19(23(30)36)31-24(37)22(26(3,4)5)32-25(38)35-20-7-8-34(6)12-15(20)21(33-35)14-10-17(28)18(29)11-16(14)27;1-25(2,3)21(23(36)33-8-5-6-19(33)22(29)35)30-24(37)34-18-7-9-32(4)12-14(18)20(31-34)13-10-16(27)17(28)11-15(13)26;1-23(2,3)20(21(34)28-7-5-18(27)33)29-22(35)32-17-6-8-31(4)11-13(17)19(30-32)12-9-15(25)16(26)10-14(12)24/h10-11,13,19,22H,7-9,12H2,1-6H3,(H2,30,36)(H,31,37)(H,32,38);10-11,19,21H,5-9,12H2,1-4H3,(H2,29,35)(H,30,37);9-10,20H,5-8,11H2,1-4H3,(H2,27,33)(H,28,34)(H,29,35)/t19-,22+;19-,21+;20-/m001/s1. The summed E-state index contributed by atoms with van der Waals surface area (Å²) >= 11 is 0. The summed E-state index contributed by atoms with van der Waals surface area (Å²) < 4.78 is 130. The van der Waals surface area contributed by atoms with E-state index in [1.54, 1.807) is 62.3 Å². The van der Waals surface area contributed by atoms with Crippen LogP contribution in [-0.4, -0.2) is 187 Å². The van der Waals surface area contributed by atoms with Crippen molar-refractivity contribution >= 4 is 53.5 Å². The van der Waals surface area contributed by atoms with Gasteiger partial charge in [0.1, 0.15) is 64.7 Å². The number of halogens is 9. The van der Waals surface area contributed by atoms with E-state index in [1.807, 2.05) is 49.7 Å². The van der Waals surface area contributed by atoms with Crippen molar-refractivity contribution in [3.05, 3.63) is 123 Å². The Kier molecular flexibility index (Phi) is 26.7. The van der Waals surface area contributed by atoms with Crippen molar-refractivity contribution in [2.24, 2.45) is 39.4 Å². The van der Waals surface area contributed by atoms with Crippen LogP contribution < -0.4 is 43.8 Å². The molecule has 110 heavy (non-hydrogen) atoms. The lowest BCUT2D eigenvalue weighted by Crippen LogP contribution is -2.58. The van der Waals surface area contributed by atoms with Crippen molar-refractivity contribution in [1.82, 2.24) is 75.5 Å². The summed E-state index contributed by atoms with van der Waals surface area (Å²) in [5, 5.41) is 26.2. The number of carbonyl (C=O) groups excluding carboxylic acids is 9. The molecule has 0 unspecified atom stereocenters. The molecule has 0 bridgehead atoms. The van der Waals surface area contributed by atoms with Gasteiger partial charge in [0.2, 0.25) is 35.4 Å². The minimum atomic E-state index is -1.33. The number of nitrogens with two attached hydrogens (primary N) is 3. The quantitative estimate of drug-likeness (QED) is 0.0329. The summed E-state index contributed by atoms with van der Waals surface area (Å²) in [6.07, 6.45) is 2.50. The van der Waals surface area contributed by atoms with Gasteiger partial charge < -0.3 is 63.4 Å². The van der Waals surface area contributed by atoms with E-state index in [2.05, 4.69) is 41.9 Å². The maximum atomic E-state index is 14.7. The second kappa shape index (κ2) is 34.4. The Morgan fingerprint density at radius 2 is 0.809 bits per heavy atom. The predicted molar refractivity (Wildman–Crippen MR) is 386 cm³/mol. The van der Waals surface area contributed by atoms with E-state index in [9.17, 15) is 82.7 Å². The molecule has 7 heterocycles. The van der Waals surface area contributed by atoms with Crippen molar-refractivity contribution < 1.29 is 82.7 Å². The van der Waals surface area contributed by atoms with Crippen LogP contribution in [0.25, 0.3) is 33.8 Å². The van der Waals surface area contributed by atoms with Gasteiger partial charge in [-0.05, 0) is 80.8 Å². The minimum absolute atomic E-state index is 0.0136. The summed E-state index contributed by atoms with van der Waals surface area (Å²) in [4.78, 5) is 122. The molecule has 3 aromatic heterocycles. The number of nitrogens with one attached hydrogen (secondary N) is 5. The third kappa shape index (κ3) is 19.8. The molecule has 0 saturated carbocycles. The number of hydrogen-bond donors (Lipinski definition) is 8. The zero-order valence-electron chi connectivity index (χ0n) is 63.8. The maximum absolute atomic E-state index is 14.7. The van der Waals surface area contributed by atoms with E-state index < -0.39 is 152 Å². The maximum Gasteiger partial charge on any atom is 0.343 e. The number of carbonyl (C=O) groups is 9. The lowest BCUT2D eigenvalue weighted by atomic mass is 9.85. The number of likely N-dealkylation sites (tertiary alicyclic amines) is 1. The number of amides is 9. The topological polar surface area (TPSA) is 358 Å². The number of fused-ring (bicyclic) bond motifs is 3. The second-order valence-electron chi connectivity index (χ2n) is 31.7. The van der Waals surface area contributed by atoms with Crippen LogP contribution in [0, 0.1) is 74.5 Å². The van der Waals surface area contributed by atoms with Gasteiger partial charge in [-0.2, -0.15) is 29.3 Å². The first-order chi connectivity index (χ1) is 51.2. The molecule has 36 heteroatoms. The van der Waals surface area contributed by atoms with E-state index in [4.69, 9.17) is 17.2 Å². The molecule has 4 aliphatic rings. The van der Waals surface area contributed by atoms with Crippen LogP contribution in [0.3, 0.4) is 0 Å². The Bertz CT molecular complexity index is 4540. The number of nitrogens with zero attached hydrogens (tertiary/aromatic N) is 10. The average molecular weight is 1550 g/mol. The van der Waals surface area contributed by atoms with E-state index in [0.717, 1.165) is 20.1 Å². The van der Waals surface area contributed by atoms with Crippen molar-refractivity contribution in [1.29, 1.82) is 0 Å². The zero-order chi connectivity index (χ0) is 81.8. The highest BCUT2D eigenvalue weighted by molar-refractivity contribution is 5.94. The summed E-state index contributed by atoms with van der Waals surface area (Å²) in [5.41, 5.74) is 16.1. The number of aromatic nitrogens is 6. The molecule has 3 aromatic carbocycles. The van der Waals surface area contributed by atoms with Crippen LogP contribution in [0.1, 0.15) is 136 Å². The van der Waals surface area contributed by atoms with Gasteiger partial charge in [-0.3, -0.25) is 28.8 Å². The number of benzene rings is 3. The fraction of sp³-hybridized carbons (Fsp3) is 0.514. The van der Waals surface area contributed by atoms with E-state index in [0.29, 0.717) is 148 Å². The summed E-state index contributed by atoms with van der Waals surface area (Å²) in [5.74, 6) is -14.1. The molecule has 1 fully saturated rings.